The number of hydrogen-bond donors (Lipinski definition) is 2. The molecular formula is C20H21F5N6O2. The van der Waals surface area contributed by atoms with Crippen LogP contribution in [0.1, 0.15) is 24.0 Å². The molecule has 178 valence electrons. The van der Waals surface area contributed by atoms with Gasteiger partial charge in [0, 0.05) is 6.54 Å². The highest BCUT2D eigenvalue weighted by Crippen LogP contribution is 2.36. The molecule has 13 heteroatoms. The van der Waals surface area contributed by atoms with Crippen LogP contribution in [0.5, 0.6) is 12.0 Å². The fraction of sp³-hybridized carbons (Fsp3) is 0.450. The Labute approximate surface area is 184 Å². The summed E-state index contributed by atoms with van der Waals surface area (Å²) >= 11 is 0. The number of fused-ring (bicyclic) bond motifs is 1. The first-order chi connectivity index (χ1) is 15.5. The number of anilines is 1. The Bertz CT molecular complexity index is 1140. The predicted molar refractivity (Wildman–Crippen MR) is 108 cm³/mol. The lowest BCUT2D eigenvalue weighted by Gasteiger charge is -2.19. The van der Waals surface area contributed by atoms with E-state index in [0.29, 0.717) is 0 Å². The van der Waals surface area contributed by atoms with Crippen molar-refractivity contribution in [2.24, 2.45) is 0 Å². The van der Waals surface area contributed by atoms with Crippen molar-refractivity contribution in [3.8, 4) is 12.0 Å². The minimum Gasteiger partial charge on any atom is -0.480 e. The largest absolute Gasteiger partial charge is 0.480 e. The van der Waals surface area contributed by atoms with Gasteiger partial charge in [-0.05, 0) is 37.1 Å². The third-order valence-corrected chi connectivity index (χ3v) is 5.32. The molecule has 1 aliphatic heterocycles. The second-order valence-corrected chi connectivity index (χ2v) is 7.86. The molecule has 0 spiro atoms. The van der Waals surface area contributed by atoms with Gasteiger partial charge in [0.25, 0.3) is 6.01 Å². The Morgan fingerprint density at radius 1 is 1.00 bits per heavy atom. The highest BCUT2D eigenvalue weighted by molar-refractivity contribution is 5.83. The van der Waals surface area contributed by atoms with Crippen LogP contribution in [0.25, 0.3) is 11.2 Å². The van der Waals surface area contributed by atoms with E-state index in [1.54, 1.807) is 0 Å². The number of nitrogens with zero attached hydrogens (tertiary/aromatic N) is 5. The molecule has 3 heterocycles. The van der Waals surface area contributed by atoms with E-state index in [2.05, 4.69) is 24.6 Å². The molecule has 1 saturated heterocycles. The molecule has 4 rings (SSSR count). The first-order valence-corrected chi connectivity index (χ1v) is 10.1. The van der Waals surface area contributed by atoms with Gasteiger partial charge in [-0.25, -0.2) is 0 Å². The number of imidazole rings is 1. The molecule has 0 aliphatic carbocycles. The maximum absolute atomic E-state index is 13.2. The van der Waals surface area contributed by atoms with Crippen molar-refractivity contribution >= 4 is 17.0 Å². The van der Waals surface area contributed by atoms with Crippen LogP contribution in [0.4, 0.5) is 27.8 Å². The van der Waals surface area contributed by atoms with Gasteiger partial charge in [0.05, 0.1) is 6.54 Å². The second-order valence-electron chi connectivity index (χ2n) is 7.86. The Morgan fingerprint density at radius 2 is 1.67 bits per heavy atom. The normalized spacial score (nSPS) is 15.4. The zero-order valence-electron chi connectivity index (χ0n) is 17.3. The molecule has 1 aliphatic rings. The number of rotatable bonds is 7. The smallest absolute Gasteiger partial charge is 0.456 e. The summed E-state index contributed by atoms with van der Waals surface area (Å²) in [6.07, 6.45) is -3.47. The number of nitrogens with two attached hydrogens (primary N) is 1. The molecule has 0 radical (unpaired) electrons. The van der Waals surface area contributed by atoms with Crippen LogP contribution >= 0.6 is 0 Å². The van der Waals surface area contributed by atoms with Crippen LogP contribution < -0.4 is 10.5 Å². The SMILES string of the molecule is Nc1nc(OCC(F)(F)C(F)(F)F)nc2c1nc(O)n2Cc1cccc(CN2CCCC2)c1. The average molecular weight is 472 g/mol. The lowest BCUT2D eigenvalue weighted by atomic mass is 10.1. The van der Waals surface area contributed by atoms with Crippen molar-refractivity contribution in [3.63, 3.8) is 0 Å². The number of aromatic nitrogens is 4. The summed E-state index contributed by atoms with van der Waals surface area (Å²) in [6, 6.07) is 6.39. The minimum atomic E-state index is -5.79. The van der Waals surface area contributed by atoms with Gasteiger partial charge in [0.15, 0.2) is 23.6 Å². The van der Waals surface area contributed by atoms with Crippen LogP contribution in [0, 0.1) is 0 Å². The fourth-order valence-corrected chi connectivity index (χ4v) is 3.64. The lowest BCUT2D eigenvalue weighted by molar-refractivity contribution is -0.290. The summed E-state index contributed by atoms with van der Waals surface area (Å²) in [6.45, 7) is 0.934. The van der Waals surface area contributed by atoms with Crippen molar-refractivity contribution in [1.82, 2.24) is 24.4 Å². The number of halogens is 5. The maximum atomic E-state index is 13.2. The summed E-state index contributed by atoms with van der Waals surface area (Å²) in [7, 11) is 0. The molecule has 3 N–H and O–H groups in total. The minimum absolute atomic E-state index is 0.0318. The summed E-state index contributed by atoms with van der Waals surface area (Å²) in [5.41, 5.74) is 7.52. The van der Waals surface area contributed by atoms with Crippen LogP contribution in [-0.2, 0) is 13.1 Å². The zero-order valence-corrected chi connectivity index (χ0v) is 17.3. The Kier molecular flexibility index (Phi) is 5.99. The number of alkyl halides is 5. The molecule has 0 saturated carbocycles. The Balaban J connectivity index is 1.58. The maximum Gasteiger partial charge on any atom is 0.456 e. The standard InChI is InChI=1S/C20H21F5N6O2/c21-19(22,20(23,24)25)11-33-17-28-15(26)14-16(29-17)31(18(32)27-14)10-13-5-3-4-12(8-13)9-30-6-1-2-7-30/h3-5,8H,1-2,6-7,9-11H2,(H,27,32)(H2,26,28,29). The van der Waals surface area contributed by atoms with Gasteiger partial charge in [-0.2, -0.15) is 36.9 Å². The number of aromatic hydroxyl groups is 1. The second kappa shape index (κ2) is 8.61. The van der Waals surface area contributed by atoms with E-state index < -0.39 is 30.7 Å². The van der Waals surface area contributed by atoms with E-state index in [4.69, 9.17) is 5.73 Å². The van der Waals surface area contributed by atoms with Gasteiger partial charge in [0.1, 0.15) is 0 Å². The van der Waals surface area contributed by atoms with Gasteiger partial charge < -0.3 is 15.6 Å². The molecule has 0 atom stereocenters. The molecular weight excluding hydrogens is 451 g/mol. The molecule has 0 bridgehead atoms. The molecule has 1 fully saturated rings. The number of nitrogen functional groups attached to an aromatic ring is 1. The lowest BCUT2D eigenvalue weighted by Crippen LogP contribution is -2.42. The van der Waals surface area contributed by atoms with Gasteiger partial charge in [-0.15, -0.1) is 0 Å². The molecule has 33 heavy (non-hydrogen) atoms. The van der Waals surface area contributed by atoms with E-state index in [1.165, 1.54) is 4.57 Å². The third-order valence-electron chi connectivity index (χ3n) is 5.32. The summed E-state index contributed by atoms with van der Waals surface area (Å²) < 4.78 is 69.3. The molecule has 0 amide bonds. The first-order valence-electron chi connectivity index (χ1n) is 10.1. The molecule has 2 aromatic heterocycles. The van der Waals surface area contributed by atoms with E-state index in [0.717, 1.165) is 43.6 Å². The average Bonchev–Trinajstić information content (AvgIpc) is 3.35. The van der Waals surface area contributed by atoms with Crippen molar-refractivity contribution in [2.75, 3.05) is 25.4 Å². The van der Waals surface area contributed by atoms with E-state index in [9.17, 15) is 27.1 Å². The van der Waals surface area contributed by atoms with Crippen molar-refractivity contribution in [2.45, 2.75) is 38.0 Å². The van der Waals surface area contributed by atoms with E-state index >= 15 is 0 Å². The van der Waals surface area contributed by atoms with Gasteiger partial charge in [0.2, 0.25) is 0 Å². The van der Waals surface area contributed by atoms with Crippen LogP contribution in [0.15, 0.2) is 24.3 Å². The van der Waals surface area contributed by atoms with Gasteiger partial charge >= 0.3 is 18.1 Å². The monoisotopic (exact) mass is 472 g/mol. The first kappa shape index (κ1) is 23.0. The number of hydrogen-bond acceptors (Lipinski definition) is 7. The van der Waals surface area contributed by atoms with E-state index in [-0.39, 0.29) is 23.5 Å². The Hall–Kier alpha value is -3.22. The van der Waals surface area contributed by atoms with Crippen LogP contribution in [-0.4, -0.2) is 61.3 Å². The molecule has 8 nitrogen and oxygen atoms in total. The molecule has 3 aromatic rings. The van der Waals surface area contributed by atoms with Crippen molar-refractivity contribution in [3.05, 3.63) is 35.4 Å². The molecule has 0 unspecified atom stereocenters. The van der Waals surface area contributed by atoms with Gasteiger partial charge in [-0.1, -0.05) is 24.3 Å². The highest BCUT2D eigenvalue weighted by Gasteiger charge is 2.58. The summed E-state index contributed by atoms with van der Waals surface area (Å²) in [5.74, 6) is -5.43. The quantitative estimate of drug-likeness (QED) is 0.509. The highest BCUT2D eigenvalue weighted by atomic mass is 19.4. The zero-order chi connectivity index (χ0) is 23.8. The topological polar surface area (TPSA) is 102 Å². The van der Waals surface area contributed by atoms with Gasteiger partial charge in [-0.3, -0.25) is 9.47 Å². The van der Waals surface area contributed by atoms with Crippen molar-refractivity contribution in [1.29, 1.82) is 0 Å². The van der Waals surface area contributed by atoms with Crippen molar-refractivity contribution < 1.29 is 31.8 Å². The Morgan fingerprint density at radius 3 is 2.33 bits per heavy atom. The summed E-state index contributed by atoms with van der Waals surface area (Å²) in [5, 5.41) is 10.3. The number of benzene rings is 1. The molecule has 1 aromatic carbocycles. The summed E-state index contributed by atoms with van der Waals surface area (Å²) in [4.78, 5) is 13.6. The number of likely N-dealkylation sites (tertiary alicyclic amines) is 1. The number of ether oxygens (including phenoxy) is 1. The third kappa shape index (κ3) is 4.92. The fourth-order valence-electron chi connectivity index (χ4n) is 3.64. The predicted octanol–water partition coefficient (Wildman–Crippen LogP) is 3.33. The van der Waals surface area contributed by atoms with Crippen LogP contribution in [0.3, 0.4) is 0 Å². The van der Waals surface area contributed by atoms with E-state index in [1.807, 2.05) is 24.3 Å². The van der Waals surface area contributed by atoms with Crippen LogP contribution in [0.2, 0.25) is 0 Å².